The molecule has 4 rings (SSSR count). The highest BCUT2D eigenvalue weighted by Gasteiger charge is 2.47. The van der Waals surface area contributed by atoms with Crippen molar-refractivity contribution in [1.29, 1.82) is 0 Å². The maximum Gasteiger partial charge on any atom is 0.263 e. The van der Waals surface area contributed by atoms with Crippen molar-refractivity contribution in [3.63, 3.8) is 0 Å². The Bertz CT molecular complexity index is 896. The molecule has 0 spiro atoms. The summed E-state index contributed by atoms with van der Waals surface area (Å²) in [6.07, 6.45) is 8.10. The van der Waals surface area contributed by atoms with Gasteiger partial charge in [-0.05, 0) is 24.0 Å². The van der Waals surface area contributed by atoms with Crippen LogP contribution < -0.4 is 0 Å². The second kappa shape index (κ2) is 11.1. The van der Waals surface area contributed by atoms with E-state index in [0.29, 0.717) is 0 Å². The molecule has 1 saturated carbocycles. The molecule has 1 aliphatic heterocycles. The average molecular weight is 455 g/mol. The number of carbonyl (C=O) groups is 1. The summed E-state index contributed by atoms with van der Waals surface area (Å²) in [4.78, 5) is 17.9. The van der Waals surface area contributed by atoms with Crippen LogP contribution >= 0.6 is 12.4 Å². The molecule has 5 heteroatoms. The lowest BCUT2D eigenvalue weighted by molar-refractivity contribution is -0.158. The van der Waals surface area contributed by atoms with Crippen LogP contribution in [0.15, 0.2) is 72.4 Å². The average Bonchev–Trinajstić information content (AvgIpc) is 2.85. The molecule has 0 bridgehead atoms. The van der Waals surface area contributed by atoms with Crippen LogP contribution in [0.3, 0.4) is 0 Å². The van der Waals surface area contributed by atoms with E-state index in [1.54, 1.807) is 4.90 Å². The predicted octanol–water partition coefficient (Wildman–Crippen LogP) is 5.12. The molecule has 1 unspecified atom stereocenters. The molecule has 2 aromatic carbocycles. The summed E-state index contributed by atoms with van der Waals surface area (Å²) >= 11 is 0. The van der Waals surface area contributed by atoms with Gasteiger partial charge in [-0.25, -0.2) is 0 Å². The van der Waals surface area contributed by atoms with Crippen molar-refractivity contribution >= 4 is 18.3 Å². The highest BCUT2D eigenvalue weighted by molar-refractivity contribution is 5.88. The van der Waals surface area contributed by atoms with Gasteiger partial charge in [-0.3, -0.25) is 9.69 Å². The van der Waals surface area contributed by atoms with Crippen molar-refractivity contribution in [2.24, 2.45) is 5.92 Å². The summed E-state index contributed by atoms with van der Waals surface area (Å²) < 4.78 is 0. The monoisotopic (exact) mass is 454 g/mol. The highest BCUT2D eigenvalue weighted by Crippen LogP contribution is 2.41. The maximum atomic E-state index is 13.8. The Morgan fingerprint density at radius 2 is 1.66 bits per heavy atom. The van der Waals surface area contributed by atoms with Crippen LogP contribution in [-0.4, -0.2) is 41.0 Å². The van der Waals surface area contributed by atoms with Crippen molar-refractivity contribution in [2.75, 3.05) is 20.1 Å². The molecule has 0 radical (unpaired) electrons. The van der Waals surface area contributed by atoms with Gasteiger partial charge in [0, 0.05) is 44.7 Å². The summed E-state index contributed by atoms with van der Waals surface area (Å²) in [7, 11) is 1.83. The van der Waals surface area contributed by atoms with Gasteiger partial charge in [0.05, 0.1) is 0 Å². The molecular weight excluding hydrogens is 420 g/mol. The molecule has 172 valence electrons. The first kappa shape index (κ1) is 24.5. The summed E-state index contributed by atoms with van der Waals surface area (Å²) in [5.41, 5.74) is 1.58. The van der Waals surface area contributed by atoms with Gasteiger partial charge in [-0.15, -0.1) is 12.4 Å². The Morgan fingerprint density at radius 1 is 1.03 bits per heavy atom. The van der Waals surface area contributed by atoms with Crippen LogP contribution in [0.4, 0.5) is 0 Å². The fourth-order valence-corrected chi connectivity index (χ4v) is 5.12. The molecule has 1 N–H and O–H groups in total. The number of amides is 1. The van der Waals surface area contributed by atoms with Crippen LogP contribution in [-0.2, 0) is 16.9 Å². The number of hydrogen-bond donors (Lipinski definition) is 1. The first-order valence-electron chi connectivity index (χ1n) is 11.6. The van der Waals surface area contributed by atoms with Crippen LogP contribution in [0.25, 0.3) is 0 Å². The molecule has 1 fully saturated rings. The Labute approximate surface area is 198 Å². The quantitative estimate of drug-likeness (QED) is 0.658. The predicted molar refractivity (Wildman–Crippen MR) is 131 cm³/mol. The van der Waals surface area contributed by atoms with Gasteiger partial charge >= 0.3 is 0 Å². The van der Waals surface area contributed by atoms with E-state index in [1.807, 2.05) is 43.4 Å². The van der Waals surface area contributed by atoms with E-state index in [2.05, 4.69) is 35.2 Å². The van der Waals surface area contributed by atoms with Crippen LogP contribution in [0.2, 0.25) is 0 Å². The van der Waals surface area contributed by atoms with Crippen molar-refractivity contribution in [3.8, 4) is 0 Å². The zero-order chi connectivity index (χ0) is 21.7. The third kappa shape index (κ3) is 5.25. The van der Waals surface area contributed by atoms with E-state index in [4.69, 9.17) is 0 Å². The summed E-state index contributed by atoms with van der Waals surface area (Å²) in [5, 5.41) is 11.9. The third-order valence-corrected chi connectivity index (χ3v) is 6.99. The molecule has 1 amide bonds. The molecule has 0 aromatic heterocycles. The number of halogens is 1. The molecule has 2 aliphatic rings. The zero-order valence-corrected chi connectivity index (χ0v) is 19.8. The summed E-state index contributed by atoms with van der Waals surface area (Å²) in [5.74, 6) is -0.217. The van der Waals surface area contributed by atoms with Crippen molar-refractivity contribution in [1.82, 2.24) is 9.80 Å². The topological polar surface area (TPSA) is 43.8 Å². The second-order valence-corrected chi connectivity index (χ2v) is 9.00. The van der Waals surface area contributed by atoms with Gasteiger partial charge in [0.25, 0.3) is 5.91 Å². The first-order chi connectivity index (χ1) is 15.1. The van der Waals surface area contributed by atoms with E-state index in [0.717, 1.165) is 63.0 Å². The first-order valence-corrected chi connectivity index (χ1v) is 11.6. The summed E-state index contributed by atoms with van der Waals surface area (Å²) in [6, 6.07) is 20.1. The minimum Gasteiger partial charge on any atom is -0.375 e. The lowest BCUT2D eigenvalue weighted by Gasteiger charge is -2.41. The SMILES string of the molecule is CN(C(=O)C(O)(c1ccccc1)C1CCCCC1)C1=CCN(Cc2ccccc2)CC1.Cl. The zero-order valence-electron chi connectivity index (χ0n) is 19.0. The van der Waals surface area contributed by atoms with Crippen molar-refractivity contribution < 1.29 is 9.90 Å². The standard InChI is InChI=1S/C27H34N2O2.ClH/c1-28(25-17-19-29(20-18-25)21-22-11-5-2-6-12-22)26(30)27(31,23-13-7-3-8-14-23)24-15-9-4-10-16-24;/h2-3,5-8,11-14,17,24,31H,4,9-10,15-16,18-21H2,1H3;1H. The van der Waals surface area contributed by atoms with E-state index in [-0.39, 0.29) is 24.2 Å². The third-order valence-electron chi connectivity index (χ3n) is 6.99. The second-order valence-electron chi connectivity index (χ2n) is 9.00. The van der Waals surface area contributed by atoms with Gasteiger partial charge in [0.2, 0.25) is 0 Å². The number of benzene rings is 2. The Morgan fingerprint density at radius 3 is 2.25 bits per heavy atom. The molecular formula is C27H35ClN2O2. The van der Waals surface area contributed by atoms with Gasteiger partial charge in [0.15, 0.2) is 5.60 Å². The lowest BCUT2D eigenvalue weighted by atomic mass is 9.72. The van der Waals surface area contributed by atoms with E-state index in [1.165, 1.54) is 12.0 Å². The fourth-order valence-electron chi connectivity index (χ4n) is 5.12. The van der Waals surface area contributed by atoms with E-state index < -0.39 is 5.60 Å². The Hall–Kier alpha value is -2.14. The largest absolute Gasteiger partial charge is 0.375 e. The smallest absolute Gasteiger partial charge is 0.263 e. The molecule has 1 heterocycles. The van der Waals surface area contributed by atoms with Gasteiger partial charge in [0.1, 0.15) is 0 Å². The number of carbonyl (C=O) groups excluding carboxylic acids is 1. The minimum absolute atomic E-state index is 0. The molecule has 0 saturated heterocycles. The maximum absolute atomic E-state index is 13.8. The number of likely N-dealkylation sites (N-methyl/N-ethyl adjacent to an activating group) is 1. The van der Waals surface area contributed by atoms with Crippen LogP contribution in [0, 0.1) is 5.92 Å². The van der Waals surface area contributed by atoms with Crippen LogP contribution in [0.1, 0.15) is 49.7 Å². The van der Waals surface area contributed by atoms with Crippen molar-refractivity contribution in [3.05, 3.63) is 83.6 Å². The van der Waals surface area contributed by atoms with E-state index >= 15 is 0 Å². The molecule has 32 heavy (non-hydrogen) atoms. The molecule has 1 aliphatic carbocycles. The van der Waals surface area contributed by atoms with Gasteiger partial charge < -0.3 is 10.0 Å². The molecule has 4 nitrogen and oxygen atoms in total. The Kier molecular flexibility index (Phi) is 8.52. The molecule has 1 atom stereocenters. The Balaban J connectivity index is 0.00000289. The number of hydrogen-bond acceptors (Lipinski definition) is 3. The van der Waals surface area contributed by atoms with Crippen molar-refractivity contribution in [2.45, 2.75) is 50.7 Å². The van der Waals surface area contributed by atoms with Gasteiger partial charge in [-0.1, -0.05) is 86.0 Å². The minimum atomic E-state index is -1.46. The molecule has 2 aromatic rings. The number of rotatable bonds is 6. The van der Waals surface area contributed by atoms with Crippen LogP contribution in [0.5, 0.6) is 0 Å². The number of aliphatic hydroxyl groups is 1. The normalized spacial score (nSPS) is 19.4. The van der Waals surface area contributed by atoms with Gasteiger partial charge in [-0.2, -0.15) is 0 Å². The summed E-state index contributed by atoms with van der Waals surface area (Å²) in [6.45, 7) is 2.64. The highest BCUT2D eigenvalue weighted by atomic mass is 35.5. The lowest BCUT2D eigenvalue weighted by Crippen LogP contribution is -2.51. The van der Waals surface area contributed by atoms with E-state index in [9.17, 15) is 9.90 Å². The number of nitrogens with zero attached hydrogens (tertiary/aromatic N) is 2. The fraction of sp³-hybridized carbons (Fsp3) is 0.444.